The molecular weight excluding hydrogens is 366 g/mol. The van der Waals surface area contributed by atoms with Crippen LogP contribution in [0.2, 0.25) is 0 Å². The van der Waals surface area contributed by atoms with Crippen LogP contribution in [0, 0.1) is 51.2 Å². The maximum absolute atomic E-state index is 10.9. The second kappa shape index (κ2) is 7.70. The van der Waals surface area contributed by atoms with E-state index in [-0.39, 0.29) is 29.7 Å². The number of ether oxygens (including phenoxy) is 1. The van der Waals surface area contributed by atoms with Crippen molar-refractivity contribution in [1.82, 2.24) is 0 Å². The van der Waals surface area contributed by atoms with Gasteiger partial charge in [-0.1, -0.05) is 25.1 Å². The van der Waals surface area contributed by atoms with Crippen LogP contribution in [0.25, 0.3) is 0 Å². The third kappa shape index (κ3) is 3.30. The summed E-state index contributed by atoms with van der Waals surface area (Å²) in [5.41, 5.74) is 11.6. The van der Waals surface area contributed by atoms with E-state index in [0.29, 0.717) is 17.2 Å². The van der Waals surface area contributed by atoms with Crippen LogP contribution in [0.3, 0.4) is 0 Å². The Morgan fingerprint density at radius 3 is 2.45 bits per heavy atom. The maximum Gasteiger partial charge on any atom is 0.255 e. The molecule has 1 amide bonds. The molecule has 0 aromatic heterocycles. The summed E-state index contributed by atoms with van der Waals surface area (Å²) in [6.45, 7) is 1.89. The van der Waals surface area contributed by atoms with Crippen LogP contribution >= 0.6 is 0 Å². The van der Waals surface area contributed by atoms with E-state index < -0.39 is 11.3 Å². The fraction of sp³-hybridized carbons (Fsp3) is 0.364. The Balaban J connectivity index is 2.11. The summed E-state index contributed by atoms with van der Waals surface area (Å²) in [7, 11) is 0. The third-order valence-electron chi connectivity index (χ3n) is 5.71. The first-order chi connectivity index (χ1) is 13.9. The minimum atomic E-state index is -1.60. The van der Waals surface area contributed by atoms with E-state index in [1.54, 1.807) is 12.1 Å². The summed E-state index contributed by atoms with van der Waals surface area (Å²) in [6, 6.07) is 13.3. The SMILES string of the molecule is C[C@@H]1CC=C2[C@H](C1)[C@@H](c1ccc(OCC(N)=O)cc1)C(C#N)=C(N)C2(C#N)C#N. The van der Waals surface area contributed by atoms with Crippen molar-refractivity contribution in [3.05, 3.63) is 52.7 Å². The first-order valence-electron chi connectivity index (χ1n) is 9.32. The number of nitrogens with two attached hydrogens (primary N) is 2. The standard InChI is InChI=1S/C22H21N5O2/c1-13-2-7-18-16(8-13)20(17(9-23)21(27)22(18,11-24)12-25)14-3-5-15(6-4-14)29-10-19(26)28/h3-7,13,16,20H,2,8,10,27H2,1H3,(H2,26,28)/t13-,16+,20-/m1/s1. The van der Waals surface area contributed by atoms with E-state index in [1.807, 2.05) is 18.2 Å². The minimum Gasteiger partial charge on any atom is -0.484 e. The van der Waals surface area contributed by atoms with Crippen LogP contribution < -0.4 is 16.2 Å². The second-order valence-corrected chi connectivity index (χ2v) is 7.56. The Morgan fingerprint density at radius 2 is 1.90 bits per heavy atom. The molecule has 0 heterocycles. The molecule has 7 heteroatoms. The first-order valence-corrected chi connectivity index (χ1v) is 9.32. The number of nitrogens with zero attached hydrogens (tertiary/aromatic N) is 3. The second-order valence-electron chi connectivity index (χ2n) is 7.56. The Labute approximate surface area is 169 Å². The number of carbonyl (C=O) groups is 1. The van der Waals surface area contributed by atoms with E-state index in [4.69, 9.17) is 16.2 Å². The third-order valence-corrected chi connectivity index (χ3v) is 5.71. The molecule has 7 nitrogen and oxygen atoms in total. The Bertz CT molecular complexity index is 1000. The van der Waals surface area contributed by atoms with Crippen molar-refractivity contribution in [1.29, 1.82) is 15.8 Å². The lowest BCUT2D eigenvalue weighted by Crippen LogP contribution is -2.41. The molecular formula is C22H21N5O2. The van der Waals surface area contributed by atoms with E-state index in [1.165, 1.54) is 0 Å². The van der Waals surface area contributed by atoms with E-state index >= 15 is 0 Å². The monoisotopic (exact) mass is 387 g/mol. The number of hydrogen-bond acceptors (Lipinski definition) is 6. The van der Waals surface area contributed by atoms with Gasteiger partial charge >= 0.3 is 0 Å². The number of hydrogen-bond donors (Lipinski definition) is 2. The summed E-state index contributed by atoms with van der Waals surface area (Å²) in [6.07, 6.45) is 3.46. The van der Waals surface area contributed by atoms with Gasteiger partial charge in [0.2, 0.25) is 5.41 Å². The fourth-order valence-electron chi connectivity index (χ4n) is 4.34. The summed E-state index contributed by atoms with van der Waals surface area (Å²) < 4.78 is 5.30. The molecule has 0 radical (unpaired) electrons. The van der Waals surface area contributed by atoms with Gasteiger partial charge in [0.05, 0.1) is 29.5 Å². The number of allylic oxidation sites excluding steroid dienone is 3. The van der Waals surface area contributed by atoms with Gasteiger partial charge in [-0.25, -0.2) is 0 Å². The largest absolute Gasteiger partial charge is 0.484 e. The van der Waals surface area contributed by atoms with E-state index in [2.05, 4.69) is 25.1 Å². The van der Waals surface area contributed by atoms with Crippen molar-refractivity contribution in [2.24, 2.45) is 28.7 Å². The molecule has 0 saturated carbocycles. The number of primary amides is 1. The van der Waals surface area contributed by atoms with Crippen molar-refractivity contribution in [2.75, 3.05) is 6.61 Å². The molecule has 0 fully saturated rings. The Morgan fingerprint density at radius 1 is 1.24 bits per heavy atom. The van der Waals surface area contributed by atoms with Gasteiger partial charge < -0.3 is 16.2 Å². The molecule has 0 spiro atoms. The highest BCUT2D eigenvalue weighted by Crippen LogP contribution is 2.55. The Hall–Kier alpha value is -3.76. The Kier molecular flexibility index (Phi) is 5.31. The molecule has 2 aliphatic rings. The van der Waals surface area contributed by atoms with Crippen LogP contribution in [0.15, 0.2) is 47.2 Å². The molecule has 146 valence electrons. The van der Waals surface area contributed by atoms with Crippen LogP contribution in [0.5, 0.6) is 5.75 Å². The molecule has 0 bridgehead atoms. The number of amides is 1. The van der Waals surface area contributed by atoms with Crippen molar-refractivity contribution < 1.29 is 9.53 Å². The quantitative estimate of drug-likeness (QED) is 0.757. The van der Waals surface area contributed by atoms with Crippen molar-refractivity contribution >= 4 is 5.91 Å². The van der Waals surface area contributed by atoms with E-state index in [0.717, 1.165) is 18.4 Å². The first kappa shape index (κ1) is 20.0. The highest BCUT2D eigenvalue weighted by atomic mass is 16.5. The van der Waals surface area contributed by atoms with Gasteiger partial charge in [0, 0.05) is 5.92 Å². The van der Waals surface area contributed by atoms with Gasteiger partial charge in [0.15, 0.2) is 6.61 Å². The molecule has 0 unspecified atom stereocenters. The number of fused-ring (bicyclic) bond motifs is 1. The van der Waals surface area contributed by atoms with E-state index in [9.17, 15) is 20.6 Å². The highest BCUT2D eigenvalue weighted by Gasteiger charge is 2.52. The van der Waals surface area contributed by atoms with Crippen molar-refractivity contribution in [3.63, 3.8) is 0 Å². The summed E-state index contributed by atoms with van der Waals surface area (Å²) in [5.74, 6) is -0.251. The lowest BCUT2D eigenvalue weighted by molar-refractivity contribution is -0.119. The molecule has 4 N–H and O–H groups in total. The zero-order chi connectivity index (χ0) is 21.2. The molecule has 29 heavy (non-hydrogen) atoms. The van der Waals surface area contributed by atoms with Gasteiger partial charge in [-0.15, -0.1) is 0 Å². The predicted octanol–water partition coefficient (Wildman–Crippen LogP) is 2.39. The van der Waals surface area contributed by atoms with Crippen molar-refractivity contribution in [3.8, 4) is 24.0 Å². The van der Waals surface area contributed by atoms with Gasteiger partial charge in [0.25, 0.3) is 5.91 Å². The summed E-state index contributed by atoms with van der Waals surface area (Å²) >= 11 is 0. The molecule has 2 aliphatic carbocycles. The van der Waals surface area contributed by atoms with Crippen LogP contribution in [-0.4, -0.2) is 12.5 Å². The average Bonchev–Trinajstić information content (AvgIpc) is 2.72. The van der Waals surface area contributed by atoms with Gasteiger partial charge in [0.1, 0.15) is 5.75 Å². The van der Waals surface area contributed by atoms with Gasteiger partial charge in [-0.05, 0) is 47.9 Å². The maximum atomic E-state index is 10.9. The molecule has 1 aromatic rings. The van der Waals surface area contributed by atoms with Crippen LogP contribution in [0.4, 0.5) is 0 Å². The lowest BCUT2D eigenvalue weighted by atomic mass is 9.57. The number of benzene rings is 1. The summed E-state index contributed by atoms with van der Waals surface area (Å²) in [5, 5.41) is 29.5. The zero-order valence-corrected chi connectivity index (χ0v) is 16.1. The topological polar surface area (TPSA) is 150 Å². The fourth-order valence-corrected chi connectivity index (χ4v) is 4.34. The zero-order valence-electron chi connectivity index (χ0n) is 16.1. The highest BCUT2D eigenvalue weighted by molar-refractivity contribution is 5.75. The molecule has 1 aromatic carbocycles. The van der Waals surface area contributed by atoms with Crippen LogP contribution in [0.1, 0.15) is 31.2 Å². The smallest absolute Gasteiger partial charge is 0.255 e. The normalized spacial score (nSPS) is 24.9. The molecule has 0 aliphatic heterocycles. The summed E-state index contributed by atoms with van der Waals surface area (Å²) in [4.78, 5) is 10.9. The molecule has 3 atom stereocenters. The number of rotatable bonds is 4. The molecule has 0 saturated heterocycles. The van der Waals surface area contributed by atoms with Crippen molar-refractivity contribution in [2.45, 2.75) is 25.7 Å². The lowest BCUT2D eigenvalue weighted by Gasteiger charge is -2.43. The number of nitriles is 3. The predicted molar refractivity (Wildman–Crippen MR) is 104 cm³/mol. The molecule has 3 rings (SSSR count). The minimum absolute atomic E-state index is 0.0149. The van der Waals surface area contributed by atoms with Gasteiger partial charge in [-0.2, -0.15) is 15.8 Å². The average molecular weight is 387 g/mol. The van der Waals surface area contributed by atoms with Gasteiger partial charge in [-0.3, -0.25) is 4.79 Å². The van der Waals surface area contributed by atoms with Crippen LogP contribution in [-0.2, 0) is 4.79 Å². The number of carbonyl (C=O) groups excluding carboxylic acids is 1.